The number of nitrogens with zero attached hydrogens (tertiary/aromatic N) is 4. The summed E-state index contributed by atoms with van der Waals surface area (Å²) in [7, 11) is 0. The molecule has 0 aliphatic heterocycles. The van der Waals surface area contributed by atoms with Crippen molar-refractivity contribution in [2.75, 3.05) is 11.5 Å². The smallest absolute Gasteiger partial charge is 0.189 e. The van der Waals surface area contributed by atoms with E-state index in [1.54, 1.807) is 16.8 Å². The molecule has 21 heavy (non-hydrogen) atoms. The SMILES string of the molecule is Cc1cc(C)cc(-n2nnnc2-c2ccc(N)cc2N)c1. The summed E-state index contributed by atoms with van der Waals surface area (Å²) in [6.07, 6.45) is 0. The maximum Gasteiger partial charge on any atom is 0.189 e. The minimum Gasteiger partial charge on any atom is -0.399 e. The van der Waals surface area contributed by atoms with Crippen LogP contribution in [0.15, 0.2) is 36.4 Å². The van der Waals surface area contributed by atoms with Crippen LogP contribution in [-0.2, 0) is 0 Å². The van der Waals surface area contributed by atoms with Crippen molar-refractivity contribution < 1.29 is 0 Å². The lowest BCUT2D eigenvalue weighted by Crippen LogP contribution is -2.03. The van der Waals surface area contributed by atoms with Gasteiger partial charge in [-0.3, -0.25) is 0 Å². The quantitative estimate of drug-likeness (QED) is 0.701. The predicted octanol–water partition coefficient (Wildman–Crippen LogP) is 2.11. The highest BCUT2D eigenvalue weighted by Gasteiger charge is 2.14. The highest BCUT2D eigenvalue weighted by molar-refractivity contribution is 5.75. The molecule has 0 bridgehead atoms. The Balaban J connectivity index is 2.17. The van der Waals surface area contributed by atoms with Crippen molar-refractivity contribution in [1.82, 2.24) is 20.2 Å². The molecular formula is C15H16N6. The third kappa shape index (κ3) is 2.43. The summed E-state index contributed by atoms with van der Waals surface area (Å²) < 4.78 is 1.68. The number of benzene rings is 2. The minimum atomic E-state index is 0.551. The molecule has 2 aromatic carbocycles. The standard InChI is InChI=1S/C15H16N6/c1-9-5-10(2)7-12(6-9)21-15(18-19-20-21)13-4-3-11(16)8-14(13)17/h3-8H,16-17H2,1-2H3. The topological polar surface area (TPSA) is 95.6 Å². The molecule has 0 atom stereocenters. The Labute approximate surface area is 122 Å². The van der Waals surface area contributed by atoms with Gasteiger partial charge in [0, 0.05) is 16.9 Å². The van der Waals surface area contributed by atoms with E-state index in [4.69, 9.17) is 11.5 Å². The Hall–Kier alpha value is -2.89. The number of anilines is 2. The fourth-order valence-electron chi connectivity index (χ4n) is 2.39. The Morgan fingerprint density at radius 3 is 2.33 bits per heavy atom. The van der Waals surface area contributed by atoms with Crippen LogP contribution < -0.4 is 11.5 Å². The molecule has 0 aliphatic carbocycles. The van der Waals surface area contributed by atoms with Crippen molar-refractivity contribution in [3.63, 3.8) is 0 Å². The van der Waals surface area contributed by atoms with Gasteiger partial charge in [-0.25, -0.2) is 0 Å². The first-order chi connectivity index (χ1) is 10.0. The van der Waals surface area contributed by atoms with Gasteiger partial charge in [-0.15, -0.1) is 5.10 Å². The first kappa shape index (κ1) is 13.1. The molecule has 0 spiro atoms. The molecule has 0 radical (unpaired) electrons. The highest BCUT2D eigenvalue weighted by atomic mass is 15.5. The molecule has 3 rings (SSSR count). The maximum atomic E-state index is 6.03. The zero-order valence-electron chi connectivity index (χ0n) is 11.9. The second kappa shape index (κ2) is 4.90. The summed E-state index contributed by atoms with van der Waals surface area (Å²) in [6.45, 7) is 4.08. The monoisotopic (exact) mass is 280 g/mol. The molecule has 0 saturated heterocycles. The lowest BCUT2D eigenvalue weighted by molar-refractivity contribution is 0.790. The van der Waals surface area contributed by atoms with Gasteiger partial charge in [0.1, 0.15) is 0 Å². The van der Waals surface area contributed by atoms with E-state index in [1.807, 2.05) is 32.0 Å². The van der Waals surface area contributed by atoms with Crippen LogP contribution in [0.2, 0.25) is 0 Å². The lowest BCUT2D eigenvalue weighted by atomic mass is 10.1. The van der Waals surface area contributed by atoms with Crippen LogP contribution in [0.25, 0.3) is 17.1 Å². The summed E-state index contributed by atoms with van der Waals surface area (Å²) in [5.41, 5.74) is 16.9. The van der Waals surface area contributed by atoms with Crippen molar-refractivity contribution in [2.45, 2.75) is 13.8 Å². The molecule has 0 unspecified atom stereocenters. The van der Waals surface area contributed by atoms with Crippen LogP contribution in [0.3, 0.4) is 0 Å². The van der Waals surface area contributed by atoms with E-state index in [2.05, 4.69) is 21.6 Å². The van der Waals surface area contributed by atoms with Crippen LogP contribution in [-0.4, -0.2) is 20.2 Å². The zero-order valence-corrected chi connectivity index (χ0v) is 11.9. The lowest BCUT2D eigenvalue weighted by Gasteiger charge is -2.09. The first-order valence-corrected chi connectivity index (χ1v) is 6.57. The summed E-state index contributed by atoms with van der Waals surface area (Å²) in [5, 5.41) is 11.9. The first-order valence-electron chi connectivity index (χ1n) is 6.57. The molecular weight excluding hydrogens is 264 g/mol. The van der Waals surface area contributed by atoms with Crippen LogP contribution in [0.4, 0.5) is 11.4 Å². The highest BCUT2D eigenvalue weighted by Crippen LogP contribution is 2.27. The molecule has 6 heteroatoms. The van der Waals surface area contributed by atoms with Gasteiger partial charge in [-0.2, -0.15) is 4.68 Å². The molecule has 0 saturated carbocycles. The van der Waals surface area contributed by atoms with E-state index in [1.165, 1.54) is 0 Å². The van der Waals surface area contributed by atoms with E-state index in [9.17, 15) is 0 Å². The Morgan fingerprint density at radius 1 is 0.952 bits per heavy atom. The maximum absolute atomic E-state index is 6.03. The van der Waals surface area contributed by atoms with Crippen LogP contribution in [0, 0.1) is 13.8 Å². The predicted molar refractivity (Wildman–Crippen MR) is 82.9 cm³/mol. The average Bonchev–Trinajstić information content (AvgIpc) is 2.86. The largest absolute Gasteiger partial charge is 0.399 e. The van der Waals surface area contributed by atoms with E-state index in [0.29, 0.717) is 17.2 Å². The van der Waals surface area contributed by atoms with Crippen molar-refractivity contribution in [1.29, 1.82) is 0 Å². The summed E-state index contributed by atoms with van der Waals surface area (Å²) >= 11 is 0. The van der Waals surface area contributed by atoms with Gasteiger partial charge in [-0.1, -0.05) is 6.07 Å². The minimum absolute atomic E-state index is 0.551. The third-order valence-corrected chi connectivity index (χ3v) is 3.24. The van der Waals surface area contributed by atoms with E-state index in [0.717, 1.165) is 22.4 Å². The van der Waals surface area contributed by atoms with E-state index < -0.39 is 0 Å². The van der Waals surface area contributed by atoms with Gasteiger partial charge in [0.2, 0.25) is 0 Å². The molecule has 1 heterocycles. The average molecular weight is 280 g/mol. The van der Waals surface area contributed by atoms with Gasteiger partial charge in [-0.05, 0) is 65.7 Å². The van der Waals surface area contributed by atoms with Gasteiger partial charge in [0.25, 0.3) is 0 Å². The molecule has 4 N–H and O–H groups in total. The van der Waals surface area contributed by atoms with Gasteiger partial charge in [0.15, 0.2) is 5.82 Å². The van der Waals surface area contributed by atoms with E-state index >= 15 is 0 Å². The molecule has 3 aromatic rings. The molecule has 0 fully saturated rings. The van der Waals surface area contributed by atoms with Crippen LogP contribution >= 0.6 is 0 Å². The van der Waals surface area contributed by atoms with E-state index in [-0.39, 0.29) is 0 Å². The van der Waals surface area contributed by atoms with Crippen molar-refractivity contribution in [2.24, 2.45) is 0 Å². The summed E-state index contributed by atoms with van der Waals surface area (Å²) in [6, 6.07) is 11.5. The number of aromatic nitrogens is 4. The molecule has 1 aromatic heterocycles. The number of hydrogen-bond donors (Lipinski definition) is 2. The Morgan fingerprint density at radius 2 is 1.67 bits per heavy atom. The van der Waals surface area contributed by atoms with Gasteiger partial charge < -0.3 is 11.5 Å². The summed E-state index contributed by atoms with van der Waals surface area (Å²) in [4.78, 5) is 0. The number of hydrogen-bond acceptors (Lipinski definition) is 5. The molecule has 106 valence electrons. The number of rotatable bonds is 2. The Kier molecular flexibility index (Phi) is 3.06. The number of aryl methyl sites for hydroxylation is 2. The number of tetrazole rings is 1. The zero-order chi connectivity index (χ0) is 15.0. The van der Waals surface area contributed by atoms with Crippen LogP contribution in [0.5, 0.6) is 0 Å². The van der Waals surface area contributed by atoms with Crippen molar-refractivity contribution in [3.8, 4) is 17.1 Å². The number of nitrogens with two attached hydrogens (primary N) is 2. The van der Waals surface area contributed by atoms with Crippen LogP contribution in [0.1, 0.15) is 11.1 Å². The molecule has 0 aliphatic rings. The van der Waals surface area contributed by atoms with Gasteiger partial charge in [0.05, 0.1) is 5.69 Å². The molecule has 0 amide bonds. The second-order valence-corrected chi connectivity index (χ2v) is 5.11. The van der Waals surface area contributed by atoms with Crippen molar-refractivity contribution >= 4 is 11.4 Å². The fraction of sp³-hybridized carbons (Fsp3) is 0.133. The third-order valence-electron chi connectivity index (χ3n) is 3.24. The Bertz CT molecular complexity index is 785. The van der Waals surface area contributed by atoms with Crippen molar-refractivity contribution in [3.05, 3.63) is 47.5 Å². The fourth-order valence-corrected chi connectivity index (χ4v) is 2.39. The van der Waals surface area contributed by atoms with Gasteiger partial charge >= 0.3 is 0 Å². The normalized spacial score (nSPS) is 10.8. The number of nitrogen functional groups attached to an aromatic ring is 2. The second-order valence-electron chi connectivity index (χ2n) is 5.11. The molecule has 6 nitrogen and oxygen atoms in total. The summed E-state index contributed by atoms with van der Waals surface area (Å²) in [5.74, 6) is 0.595.